The number of rotatable bonds is 6. The minimum Gasteiger partial charge on any atom is -0.342 e. The van der Waals surface area contributed by atoms with E-state index in [1.165, 1.54) is 31.0 Å². The van der Waals surface area contributed by atoms with Gasteiger partial charge < -0.3 is 10.2 Å². The number of thioether (sulfide) groups is 1. The first-order valence-corrected chi connectivity index (χ1v) is 11.8. The molecule has 0 unspecified atom stereocenters. The molecule has 0 spiro atoms. The second-order valence-corrected chi connectivity index (χ2v) is 9.43. The maximum atomic E-state index is 12.9. The Morgan fingerprint density at radius 2 is 1.86 bits per heavy atom. The zero-order valence-electron chi connectivity index (χ0n) is 16.9. The van der Waals surface area contributed by atoms with Gasteiger partial charge in [0.1, 0.15) is 0 Å². The summed E-state index contributed by atoms with van der Waals surface area (Å²) in [5.41, 5.74) is 2.36. The fourth-order valence-electron chi connectivity index (χ4n) is 3.65. The fraction of sp³-hybridized carbons (Fsp3) is 0.391. The third kappa shape index (κ3) is 5.86. The van der Waals surface area contributed by atoms with Crippen molar-refractivity contribution in [3.8, 4) is 0 Å². The summed E-state index contributed by atoms with van der Waals surface area (Å²) in [6, 6.07) is 13.6. The number of carbonyl (C=O) groups excluding carboxylic acids is 2. The van der Waals surface area contributed by atoms with E-state index in [0.717, 1.165) is 33.5 Å². The Kier molecular flexibility index (Phi) is 7.78. The summed E-state index contributed by atoms with van der Waals surface area (Å²) in [5, 5.41) is 2.99. The van der Waals surface area contributed by atoms with Gasteiger partial charge in [0.25, 0.3) is 5.91 Å². The van der Waals surface area contributed by atoms with E-state index >= 15 is 0 Å². The van der Waals surface area contributed by atoms with Crippen LogP contribution in [0.3, 0.4) is 0 Å². The molecule has 0 saturated heterocycles. The Bertz CT molecular complexity index is 881. The molecule has 6 heteroatoms. The van der Waals surface area contributed by atoms with Crippen LogP contribution in [0, 0.1) is 6.92 Å². The van der Waals surface area contributed by atoms with Gasteiger partial charge >= 0.3 is 0 Å². The van der Waals surface area contributed by atoms with Crippen LogP contribution in [0.5, 0.6) is 0 Å². The molecular formula is C23H27BrN2O2S. The van der Waals surface area contributed by atoms with Crippen LogP contribution in [0.15, 0.2) is 51.8 Å². The van der Waals surface area contributed by atoms with Crippen molar-refractivity contribution in [1.82, 2.24) is 4.90 Å². The summed E-state index contributed by atoms with van der Waals surface area (Å²) in [5.74, 6) is 0.307. The largest absolute Gasteiger partial charge is 0.342 e. The van der Waals surface area contributed by atoms with Gasteiger partial charge in [0.2, 0.25) is 5.91 Å². The Labute approximate surface area is 185 Å². The van der Waals surface area contributed by atoms with Crippen LogP contribution in [0.2, 0.25) is 0 Å². The van der Waals surface area contributed by atoms with Crippen LogP contribution in [-0.4, -0.2) is 35.6 Å². The number of nitrogens with one attached hydrogen (secondary N) is 1. The van der Waals surface area contributed by atoms with Gasteiger partial charge in [-0.1, -0.05) is 47.3 Å². The molecule has 0 aliphatic heterocycles. The predicted octanol–water partition coefficient (Wildman–Crippen LogP) is 5.89. The Hall–Kier alpha value is -1.79. The first-order valence-electron chi connectivity index (χ1n) is 10.0. The number of carbonyl (C=O) groups is 2. The molecule has 1 aliphatic carbocycles. The second kappa shape index (κ2) is 10.3. The number of amides is 2. The summed E-state index contributed by atoms with van der Waals surface area (Å²) >= 11 is 4.87. The van der Waals surface area contributed by atoms with Crippen molar-refractivity contribution in [2.75, 3.05) is 18.1 Å². The van der Waals surface area contributed by atoms with E-state index in [4.69, 9.17) is 0 Å². The third-order valence-electron chi connectivity index (χ3n) is 5.44. The van der Waals surface area contributed by atoms with Crippen molar-refractivity contribution >= 4 is 45.2 Å². The molecule has 2 aromatic carbocycles. The van der Waals surface area contributed by atoms with Gasteiger partial charge in [-0.25, -0.2) is 0 Å². The number of aryl methyl sites for hydroxylation is 1. The van der Waals surface area contributed by atoms with Gasteiger partial charge in [-0.15, -0.1) is 11.8 Å². The van der Waals surface area contributed by atoms with Crippen LogP contribution in [-0.2, 0) is 4.79 Å². The average Bonchev–Trinajstić information content (AvgIpc) is 2.74. The molecule has 3 rings (SSSR count). The number of benzene rings is 2. The first kappa shape index (κ1) is 21.9. The summed E-state index contributed by atoms with van der Waals surface area (Å²) < 4.78 is 0.976. The van der Waals surface area contributed by atoms with E-state index in [1.807, 2.05) is 55.3 Å². The lowest BCUT2D eigenvalue weighted by Crippen LogP contribution is -2.39. The normalized spacial score (nSPS) is 14.4. The molecule has 4 nitrogen and oxygen atoms in total. The van der Waals surface area contributed by atoms with Gasteiger partial charge in [-0.2, -0.15) is 0 Å². The van der Waals surface area contributed by atoms with E-state index in [-0.39, 0.29) is 11.8 Å². The number of hydrogen-bond donors (Lipinski definition) is 1. The van der Waals surface area contributed by atoms with E-state index in [0.29, 0.717) is 17.4 Å². The monoisotopic (exact) mass is 474 g/mol. The van der Waals surface area contributed by atoms with Crippen LogP contribution in [0.4, 0.5) is 5.69 Å². The molecule has 0 heterocycles. The predicted molar refractivity (Wildman–Crippen MR) is 124 cm³/mol. The SMILES string of the molecule is Cc1cc(Br)ccc1NC(=O)c1ccccc1SCC(=O)N(C)C1CCCCC1. The maximum absolute atomic E-state index is 12.9. The van der Waals surface area contributed by atoms with Gasteiger partial charge in [0.15, 0.2) is 0 Å². The molecule has 0 aromatic heterocycles. The summed E-state index contributed by atoms with van der Waals surface area (Å²) in [6.07, 6.45) is 5.87. The van der Waals surface area contributed by atoms with Crippen molar-refractivity contribution in [2.45, 2.75) is 50.0 Å². The van der Waals surface area contributed by atoms with Gasteiger partial charge in [-0.3, -0.25) is 9.59 Å². The molecule has 1 fully saturated rings. The van der Waals surface area contributed by atoms with Crippen LogP contribution >= 0.6 is 27.7 Å². The highest BCUT2D eigenvalue weighted by molar-refractivity contribution is 9.10. The molecule has 29 heavy (non-hydrogen) atoms. The lowest BCUT2D eigenvalue weighted by atomic mass is 9.94. The summed E-state index contributed by atoms with van der Waals surface area (Å²) in [4.78, 5) is 28.3. The zero-order valence-corrected chi connectivity index (χ0v) is 19.3. The average molecular weight is 475 g/mol. The molecule has 154 valence electrons. The Morgan fingerprint density at radius 1 is 1.14 bits per heavy atom. The highest BCUT2D eigenvalue weighted by Gasteiger charge is 2.22. The van der Waals surface area contributed by atoms with E-state index < -0.39 is 0 Å². The number of halogens is 1. The summed E-state index contributed by atoms with van der Waals surface area (Å²) in [6.45, 7) is 1.96. The van der Waals surface area contributed by atoms with Crippen molar-refractivity contribution in [3.63, 3.8) is 0 Å². The number of hydrogen-bond acceptors (Lipinski definition) is 3. The maximum Gasteiger partial charge on any atom is 0.256 e. The minimum atomic E-state index is -0.161. The second-order valence-electron chi connectivity index (χ2n) is 7.49. The highest BCUT2D eigenvalue weighted by atomic mass is 79.9. The molecule has 0 bridgehead atoms. The zero-order chi connectivity index (χ0) is 20.8. The molecule has 1 N–H and O–H groups in total. The topological polar surface area (TPSA) is 49.4 Å². The van der Waals surface area contributed by atoms with Crippen LogP contribution < -0.4 is 5.32 Å². The highest BCUT2D eigenvalue weighted by Crippen LogP contribution is 2.27. The van der Waals surface area contributed by atoms with E-state index in [1.54, 1.807) is 6.07 Å². The van der Waals surface area contributed by atoms with Crippen molar-refractivity contribution in [1.29, 1.82) is 0 Å². The Morgan fingerprint density at radius 3 is 2.59 bits per heavy atom. The Balaban J connectivity index is 1.65. The number of nitrogens with zero attached hydrogens (tertiary/aromatic N) is 1. The first-order chi connectivity index (χ1) is 14.0. The number of anilines is 1. The standard InChI is InChI=1S/C23H27BrN2O2S/c1-16-14-17(24)12-13-20(16)25-23(28)19-10-6-7-11-21(19)29-15-22(27)26(2)18-8-4-3-5-9-18/h6-7,10-14,18H,3-5,8-9,15H2,1-2H3,(H,25,28). The molecular weight excluding hydrogens is 448 g/mol. The van der Waals surface area contributed by atoms with Gasteiger partial charge in [0.05, 0.1) is 11.3 Å². The van der Waals surface area contributed by atoms with Gasteiger partial charge in [-0.05, 0) is 55.7 Å². The third-order valence-corrected chi connectivity index (χ3v) is 6.99. The lowest BCUT2D eigenvalue weighted by molar-refractivity contribution is -0.129. The van der Waals surface area contributed by atoms with Crippen molar-refractivity contribution < 1.29 is 9.59 Å². The fourth-order valence-corrected chi connectivity index (χ4v) is 5.10. The molecule has 0 radical (unpaired) electrons. The molecule has 0 atom stereocenters. The van der Waals surface area contributed by atoms with E-state index in [9.17, 15) is 9.59 Å². The van der Waals surface area contributed by atoms with E-state index in [2.05, 4.69) is 21.2 Å². The molecule has 2 aromatic rings. The summed E-state index contributed by atoms with van der Waals surface area (Å²) in [7, 11) is 1.91. The molecule has 1 aliphatic rings. The minimum absolute atomic E-state index is 0.126. The van der Waals surface area contributed by atoms with Gasteiger partial charge in [0, 0.05) is 28.1 Å². The van der Waals surface area contributed by atoms with Crippen molar-refractivity contribution in [3.05, 3.63) is 58.1 Å². The van der Waals surface area contributed by atoms with Crippen LogP contribution in [0.25, 0.3) is 0 Å². The smallest absolute Gasteiger partial charge is 0.256 e. The molecule has 2 amide bonds. The van der Waals surface area contributed by atoms with Crippen LogP contribution in [0.1, 0.15) is 48.0 Å². The quantitative estimate of drug-likeness (QED) is 0.530. The molecule has 1 saturated carbocycles. The van der Waals surface area contributed by atoms with Crippen molar-refractivity contribution in [2.24, 2.45) is 0 Å². The lowest BCUT2D eigenvalue weighted by Gasteiger charge is -2.31.